The number of rotatable bonds is 3. The monoisotopic (exact) mass is 235 g/mol. The van der Waals surface area contributed by atoms with E-state index in [-0.39, 0.29) is 18.5 Å². The van der Waals surface area contributed by atoms with Crippen molar-refractivity contribution in [1.82, 2.24) is 4.90 Å². The lowest BCUT2D eigenvalue weighted by molar-refractivity contribution is -0.163. The molecule has 1 aliphatic heterocycles. The summed E-state index contributed by atoms with van der Waals surface area (Å²) < 4.78 is 37.2. The molecule has 0 amide bonds. The van der Waals surface area contributed by atoms with Crippen LogP contribution in [0.2, 0.25) is 0 Å². The van der Waals surface area contributed by atoms with E-state index in [1.165, 1.54) is 6.07 Å². The number of likely N-dealkylation sites (tertiary alicyclic amines) is 1. The Hall–Kier alpha value is -0.800. The molecule has 2 N–H and O–H groups in total. The topological polar surface area (TPSA) is 53.0 Å². The lowest BCUT2D eigenvalue weighted by Gasteiger charge is -2.24. The fourth-order valence-corrected chi connectivity index (χ4v) is 2.09. The summed E-state index contributed by atoms with van der Waals surface area (Å²) in [5.74, 6) is -1.64. The highest BCUT2D eigenvalue weighted by Crippen LogP contribution is 2.30. The molecule has 0 aromatic rings. The summed E-state index contributed by atoms with van der Waals surface area (Å²) in [4.78, 5) is 1.71. The highest BCUT2D eigenvalue weighted by molar-refractivity contribution is 4.94. The van der Waals surface area contributed by atoms with Gasteiger partial charge in [0.15, 0.2) is 5.92 Å². The number of halogens is 3. The Morgan fingerprint density at radius 3 is 2.56 bits per heavy atom. The third-order valence-corrected chi connectivity index (χ3v) is 3.09. The summed E-state index contributed by atoms with van der Waals surface area (Å²) in [5, 5.41) is 8.51. The highest BCUT2D eigenvalue weighted by Gasteiger charge is 2.42. The van der Waals surface area contributed by atoms with Crippen molar-refractivity contribution in [3.63, 3.8) is 0 Å². The molecule has 1 fully saturated rings. The van der Waals surface area contributed by atoms with Crippen molar-refractivity contribution in [3.05, 3.63) is 0 Å². The summed E-state index contributed by atoms with van der Waals surface area (Å²) in [7, 11) is 0. The zero-order chi connectivity index (χ0) is 12.3. The molecular weight excluding hydrogens is 219 g/mol. The Balaban J connectivity index is 2.57. The van der Waals surface area contributed by atoms with Crippen molar-refractivity contribution in [2.24, 2.45) is 17.6 Å². The third kappa shape index (κ3) is 3.09. The number of hydrogen-bond acceptors (Lipinski definition) is 3. The fourth-order valence-electron chi connectivity index (χ4n) is 2.09. The molecule has 3 nitrogen and oxygen atoms in total. The highest BCUT2D eigenvalue weighted by atomic mass is 19.4. The van der Waals surface area contributed by atoms with Crippen LogP contribution >= 0.6 is 0 Å². The average molecular weight is 235 g/mol. The molecule has 1 heterocycles. The summed E-state index contributed by atoms with van der Waals surface area (Å²) in [6.07, 6.45) is -3.62. The first-order valence-corrected chi connectivity index (χ1v) is 5.29. The maximum Gasteiger partial charge on any atom is 0.405 e. The van der Waals surface area contributed by atoms with Crippen LogP contribution in [0, 0.1) is 23.2 Å². The van der Waals surface area contributed by atoms with E-state index in [0.717, 1.165) is 6.42 Å². The Morgan fingerprint density at radius 1 is 1.56 bits per heavy atom. The summed E-state index contributed by atoms with van der Waals surface area (Å²) in [5.41, 5.74) is 5.49. The molecule has 1 saturated heterocycles. The lowest BCUT2D eigenvalue weighted by Crippen LogP contribution is -2.38. The van der Waals surface area contributed by atoms with Crippen LogP contribution in [0.3, 0.4) is 0 Å². The van der Waals surface area contributed by atoms with Crippen LogP contribution in [0.15, 0.2) is 0 Å². The van der Waals surface area contributed by atoms with Crippen molar-refractivity contribution >= 4 is 0 Å². The van der Waals surface area contributed by atoms with Gasteiger partial charge < -0.3 is 5.73 Å². The van der Waals surface area contributed by atoms with E-state index in [0.29, 0.717) is 13.1 Å². The van der Waals surface area contributed by atoms with Crippen molar-refractivity contribution in [2.75, 3.05) is 19.6 Å². The number of hydrogen-bond donors (Lipinski definition) is 1. The molecule has 0 aromatic heterocycles. The molecule has 0 bridgehead atoms. The van der Waals surface area contributed by atoms with Crippen LogP contribution in [0.4, 0.5) is 13.2 Å². The van der Waals surface area contributed by atoms with Gasteiger partial charge in [-0.05, 0) is 25.8 Å². The van der Waals surface area contributed by atoms with Crippen LogP contribution in [-0.4, -0.2) is 36.8 Å². The molecule has 0 spiro atoms. The minimum Gasteiger partial charge on any atom is -0.330 e. The van der Waals surface area contributed by atoms with Gasteiger partial charge in [0.05, 0.1) is 6.07 Å². The average Bonchev–Trinajstić information content (AvgIpc) is 2.54. The molecule has 0 saturated carbocycles. The minimum absolute atomic E-state index is 0.0757. The zero-order valence-corrected chi connectivity index (χ0v) is 9.17. The van der Waals surface area contributed by atoms with Gasteiger partial charge in [0.2, 0.25) is 0 Å². The largest absolute Gasteiger partial charge is 0.405 e. The van der Waals surface area contributed by atoms with E-state index in [1.807, 2.05) is 6.92 Å². The van der Waals surface area contributed by atoms with E-state index in [9.17, 15) is 13.2 Å². The molecule has 1 rings (SSSR count). The van der Waals surface area contributed by atoms with Gasteiger partial charge >= 0.3 is 6.18 Å². The summed E-state index contributed by atoms with van der Waals surface area (Å²) in [6.45, 7) is 2.69. The van der Waals surface area contributed by atoms with E-state index in [1.54, 1.807) is 4.90 Å². The van der Waals surface area contributed by atoms with Gasteiger partial charge in [-0.15, -0.1) is 0 Å². The molecule has 92 valence electrons. The van der Waals surface area contributed by atoms with E-state index >= 15 is 0 Å². The first kappa shape index (κ1) is 13.3. The second-order valence-electron chi connectivity index (χ2n) is 4.36. The summed E-state index contributed by atoms with van der Waals surface area (Å²) in [6, 6.07) is 1.40. The molecule has 3 atom stereocenters. The standard InChI is InChI=1S/C10H16F3N3/c1-7-2-8(3-14)5-16(7)6-9(4-15)10(11,12)13/h7-9H,2-3,5-6,14H2,1H3. The Labute approximate surface area is 93.0 Å². The van der Waals surface area contributed by atoms with Crippen LogP contribution < -0.4 is 5.73 Å². The van der Waals surface area contributed by atoms with Crippen molar-refractivity contribution in [2.45, 2.75) is 25.6 Å². The Bertz CT molecular complexity index is 271. The van der Waals surface area contributed by atoms with Gasteiger partial charge in [-0.3, -0.25) is 4.90 Å². The van der Waals surface area contributed by atoms with Crippen LogP contribution in [-0.2, 0) is 0 Å². The molecule has 1 aliphatic rings. The van der Waals surface area contributed by atoms with Crippen LogP contribution in [0.25, 0.3) is 0 Å². The first-order valence-electron chi connectivity index (χ1n) is 5.29. The fraction of sp³-hybridized carbons (Fsp3) is 0.900. The van der Waals surface area contributed by atoms with Gasteiger partial charge in [-0.25, -0.2) is 0 Å². The molecule has 3 unspecified atom stereocenters. The maximum absolute atomic E-state index is 12.4. The van der Waals surface area contributed by atoms with E-state index in [4.69, 9.17) is 11.0 Å². The predicted molar refractivity (Wildman–Crippen MR) is 53.4 cm³/mol. The second-order valence-corrected chi connectivity index (χ2v) is 4.36. The van der Waals surface area contributed by atoms with E-state index in [2.05, 4.69) is 0 Å². The first-order chi connectivity index (χ1) is 7.38. The van der Waals surface area contributed by atoms with Crippen molar-refractivity contribution < 1.29 is 13.2 Å². The van der Waals surface area contributed by atoms with Crippen molar-refractivity contribution in [3.8, 4) is 6.07 Å². The zero-order valence-electron chi connectivity index (χ0n) is 9.17. The number of nitrogens with zero attached hydrogens (tertiary/aromatic N) is 2. The predicted octanol–water partition coefficient (Wildman–Crippen LogP) is 1.36. The molecule has 6 heteroatoms. The van der Waals surface area contributed by atoms with Gasteiger partial charge in [0, 0.05) is 19.1 Å². The smallest absolute Gasteiger partial charge is 0.330 e. The summed E-state index contributed by atoms with van der Waals surface area (Å²) >= 11 is 0. The quantitative estimate of drug-likeness (QED) is 0.803. The molecule has 16 heavy (non-hydrogen) atoms. The van der Waals surface area contributed by atoms with Crippen LogP contribution in [0.1, 0.15) is 13.3 Å². The maximum atomic E-state index is 12.4. The van der Waals surface area contributed by atoms with Crippen LogP contribution in [0.5, 0.6) is 0 Å². The number of nitrogens with two attached hydrogens (primary N) is 1. The molecule has 0 radical (unpaired) electrons. The molecule has 0 aromatic carbocycles. The van der Waals surface area contributed by atoms with Gasteiger partial charge in [-0.2, -0.15) is 18.4 Å². The lowest BCUT2D eigenvalue weighted by atomic mass is 10.1. The molecule has 0 aliphatic carbocycles. The van der Waals surface area contributed by atoms with Gasteiger partial charge in [0.1, 0.15) is 0 Å². The SMILES string of the molecule is CC1CC(CN)CN1CC(C#N)C(F)(F)F. The Kier molecular flexibility index (Phi) is 4.16. The second kappa shape index (κ2) is 5.02. The van der Waals surface area contributed by atoms with E-state index < -0.39 is 12.1 Å². The normalized spacial score (nSPS) is 29.0. The van der Waals surface area contributed by atoms with Gasteiger partial charge in [0.25, 0.3) is 0 Å². The van der Waals surface area contributed by atoms with Gasteiger partial charge in [-0.1, -0.05) is 0 Å². The number of nitriles is 1. The third-order valence-electron chi connectivity index (χ3n) is 3.09. The molecular formula is C10H16F3N3. The Morgan fingerprint density at radius 2 is 2.19 bits per heavy atom. The minimum atomic E-state index is -4.44. The number of alkyl halides is 3. The van der Waals surface area contributed by atoms with Crippen molar-refractivity contribution in [1.29, 1.82) is 5.26 Å².